The molecule has 128 valence electrons. The number of thiazole rings is 1. The van der Waals surface area contributed by atoms with Crippen LogP contribution in [0.15, 0.2) is 59.0 Å². The van der Waals surface area contributed by atoms with Gasteiger partial charge in [0.05, 0.1) is 17.5 Å². The van der Waals surface area contributed by atoms with Crippen molar-refractivity contribution in [3.05, 3.63) is 70.7 Å². The minimum atomic E-state index is -4.32. The summed E-state index contributed by atoms with van der Waals surface area (Å²) in [6.07, 6.45) is -2.66. The fourth-order valence-electron chi connectivity index (χ4n) is 2.18. The van der Waals surface area contributed by atoms with E-state index in [1.807, 2.05) is 36.6 Å². The van der Waals surface area contributed by atoms with Gasteiger partial charge < -0.3 is 0 Å². The Kier molecular flexibility index (Phi) is 4.85. The first-order chi connectivity index (χ1) is 11.9. The molecule has 0 fully saturated rings. The van der Waals surface area contributed by atoms with Gasteiger partial charge in [0.15, 0.2) is 0 Å². The highest BCUT2D eigenvalue weighted by molar-refractivity contribution is 7.13. The van der Waals surface area contributed by atoms with E-state index in [9.17, 15) is 13.2 Å². The Morgan fingerprint density at radius 1 is 1.00 bits per heavy atom. The van der Waals surface area contributed by atoms with Crippen molar-refractivity contribution < 1.29 is 13.2 Å². The second kappa shape index (κ2) is 7.06. The zero-order chi connectivity index (χ0) is 17.9. The smallest absolute Gasteiger partial charge is 0.253 e. The molecule has 0 saturated carbocycles. The van der Waals surface area contributed by atoms with Gasteiger partial charge in [-0.2, -0.15) is 18.3 Å². The third-order valence-electron chi connectivity index (χ3n) is 3.45. The number of hydrogen-bond donors (Lipinski definition) is 1. The fourth-order valence-corrected chi connectivity index (χ4v) is 2.82. The molecule has 0 saturated heterocycles. The van der Waals surface area contributed by atoms with Crippen LogP contribution in [0, 0.1) is 6.92 Å². The first-order valence-electron chi connectivity index (χ1n) is 7.41. The molecule has 3 nitrogen and oxygen atoms in total. The molecule has 2 aromatic carbocycles. The summed E-state index contributed by atoms with van der Waals surface area (Å²) in [7, 11) is 0. The summed E-state index contributed by atoms with van der Waals surface area (Å²) in [4.78, 5) is 4.23. The molecular formula is C18H14F3N3S. The quantitative estimate of drug-likeness (QED) is 0.486. The molecule has 1 aromatic heterocycles. The van der Waals surface area contributed by atoms with Crippen LogP contribution in [0.2, 0.25) is 0 Å². The number of anilines is 1. The van der Waals surface area contributed by atoms with Crippen LogP contribution in [0.25, 0.3) is 11.1 Å². The summed E-state index contributed by atoms with van der Waals surface area (Å²) < 4.78 is 37.8. The minimum absolute atomic E-state index is 0.650. The number of hydrazone groups is 1. The summed E-state index contributed by atoms with van der Waals surface area (Å²) in [5.41, 5.74) is 5.58. The molecule has 0 aliphatic heterocycles. The monoisotopic (exact) mass is 361 g/mol. The van der Waals surface area contributed by atoms with Gasteiger partial charge in [-0.05, 0) is 35.7 Å². The number of aromatic nitrogens is 1. The molecule has 1 N–H and O–H groups in total. The molecule has 0 aliphatic carbocycles. The SMILES string of the molecule is Cc1csc(NN=Cc2ccc(-c3ccc(C(F)(F)F)cc3)cc2)n1. The first kappa shape index (κ1) is 17.2. The van der Waals surface area contributed by atoms with Crippen molar-refractivity contribution in [3.63, 3.8) is 0 Å². The minimum Gasteiger partial charge on any atom is -0.253 e. The lowest BCUT2D eigenvalue weighted by Gasteiger charge is -2.08. The molecule has 0 bridgehead atoms. The molecule has 25 heavy (non-hydrogen) atoms. The summed E-state index contributed by atoms with van der Waals surface area (Å²) >= 11 is 1.47. The molecule has 0 aliphatic rings. The summed E-state index contributed by atoms with van der Waals surface area (Å²) in [5.74, 6) is 0. The second-order valence-electron chi connectivity index (χ2n) is 5.36. The highest BCUT2D eigenvalue weighted by Gasteiger charge is 2.29. The standard InChI is InChI=1S/C18H14F3N3S/c1-12-11-25-17(23-12)24-22-10-13-2-4-14(5-3-13)15-6-8-16(9-7-15)18(19,20)21/h2-11H,1H3,(H,23,24). The van der Waals surface area contributed by atoms with Gasteiger partial charge in [0.25, 0.3) is 0 Å². The van der Waals surface area contributed by atoms with E-state index in [0.29, 0.717) is 0 Å². The third-order valence-corrected chi connectivity index (χ3v) is 4.31. The topological polar surface area (TPSA) is 37.3 Å². The fraction of sp³-hybridized carbons (Fsp3) is 0.111. The van der Waals surface area contributed by atoms with E-state index in [4.69, 9.17) is 0 Å². The summed E-state index contributed by atoms with van der Waals surface area (Å²) in [6.45, 7) is 1.91. The zero-order valence-electron chi connectivity index (χ0n) is 13.2. The van der Waals surface area contributed by atoms with Crippen molar-refractivity contribution in [2.75, 3.05) is 5.43 Å². The maximum atomic E-state index is 12.6. The third kappa shape index (κ3) is 4.45. The lowest BCUT2D eigenvalue weighted by Crippen LogP contribution is -2.03. The van der Waals surface area contributed by atoms with E-state index in [1.54, 1.807) is 6.21 Å². The number of benzene rings is 2. The average Bonchev–Trinajstić information content (AvgIpc) is 3.00. The van der Waals surface area contributed by atoms with Gasteiger partial charge in [-0.3, -0.25) is 5.43 Å². The maximum absolute atomic E-state index is 12.6. The molecule has 0 atom stereocenters. The van der Waals surface area contributed by atoms with Crippen molar-refractivity contribution >= 4 is 22.7 Å². The number of nitrogens with zero attached hydrogens (tertiary/aromatic N) is 2. The Morgan fingerprint density at radius 3 is 2.12 bits per heavy atom. The van der Waals surface area contributed by atoms with Crippen molar-refractivity contribution in [2.45, 2.75) is 13.1 Å². The van der Waals surface area contributed by atoms with Crippen LogP contribution >= 0.6 is 11.3 Å². The first-order valence-corrected chi connectivity index (χ1v) is 8.29. The van der Waals surface area contributed by atoms with E-state index in [2.05, 4.69) is 15.5 Å². The molecule has 3 aromatic rings. The molecule has 1 heterocycles. The van der Waals surface area contributed by atoms with Crippen molar-refractivity contribution in [3.8, 4) is 11.1 Å². The lowest BCUT2D eigenvalue weighted by molar-refractivity contribution is -0.137. The van der Waals surface area contributed by atoms with Crippen LogP contribution in [-0.2, 0) is 6.18 Å². The Labute approximate surface area is 146 Å². The Balaban J connectivity index is 1.67. The van der Waals surface area contributed by atoms with Crippen LogP contribution in [0.5, 0.6) is 0 Å². The van der Waals surface area contributed by atoms with E-state index >= 15 is 0 Å². The molecule has 0 radical (unpaired) electrons. The second-order valence-corrected chi connectivity index (χ2v) is 6.22. The van der Waals surface area contributed by atoms with Gasteiger partial charge in [-0.15, -0.1) is 11.3 Å². The van der Waals surface area contributed by atoms with Gasteiger partial charge in [0.1, 0.15) is 0 Å². The molecular weight excluding hydrogens is 347 g/mol. The molecule has 0 unspecified atom stereocenters. The Bertz CT molecular complexity index is 866. The van der Waals surface area contributed by atoms with E-state index in [0.717, 1.165) is 39.6 Å². The molecule has 7 heteroatoms. The van der Waals surface area contributed by atoms with Gasteiger partial charge in [0, 0.05) is 5.38 Å². The Morgan fingerprint density at radius 2 is 1.60 bits per heavy atom. The van der Waals surface area contributed by atoms with E-state index < -0.39 is 11.7 Å². The van der Waals surface area contributed by atoms with Gasteiger partial charge in [0.2, 0.25) is 5.13 Å². The number of nitrogens with one attached hydrogen (secondary N) is 1. The van der Waals surface area contributed by atoms with Crippen molar-refractivity contribution in [2.24, 2.45) is 5.10 Å². The number of halogens is 3. The van der Waals surface area contributed by atoms with Crippen LogP contribution in [0.1, 0.15) is 16.8 Å². The van der Waals surface area contributed by atoms with Gasteiger partial charge in [-0.25, -0.2) is 4.98 Å². The van der Waals surface area contributed by atoms with Crippen LogP contribution in [0.3, 0.4) is 0 Å². The van der Waals surface area contributed by atoms with Gasteiger partial charge >= 0.3 is 6.18 Å². The number of aryl methyl sites for hydroxylation is 1. The maximum Gasteiger partial charge on any atom is 0.416 e. The van der Waals surface area contributed by atoms with Crippen LogP contribution < -0.4 is 5.43 Å². The highest BCUT2D eigenvalue weighted by Crippen LogP contribution is 2.31. The normalized spacial score (nSPS) is 11.8. The molecule has 0 spiro atoms. The molecule has 0 amide bonds. The summed E-state index contributed by atoms with van der Waals surface area (Å²) in [5, 5.41) is 6.76. The highest BCUT2D eigenvalue weighted by atomic mass is 32.1. The van der Waals surface area contributed by atoms with Crippen LogP contribution in [0.4, 0.5) is 18.3 Å². The van der Waals surface area contributed by atoms with E-state index in [1.165, 1.54) is 23.5 Å². The van der Waals surface area contributed by atoms with Crippen LogP contribution in [-0.4, -0.2) is 11.2 Å². The Hall–Kier alpha value is -2.67. The number of alkyl halides is 3. The predicted molar refractivity (Wildman–Crippen MR) is 94.9 cm³/mol. The van der Waals surface area contributed by atoms with E-state index in [-0.39, 0.29) is 0 Å². The predicted octanol–water partition coefficient (Wildman–Crippen LogP) is 5.58. The number of rotatable bonds is 4. The average molecular weight is 361 g/mol. The molecule has 3 rings (SSSR count). The zero-order valence-corrected chi connectivity index (χ0v) is 14.0. The lowest BCUT2D eigenvalue weighted by atomic mass is 10.0. The van der Waals surface area contributed by atoms with Gasteiger partial charge in [-0.1, -0.05) is 36.4 Å². The largest absolute Gasteiger partial charge is 0.416 e. The van der Waals surface area contributed by atoms with Crippen molar-refractivity contribution in [1.82, 2.24) is 4.98 Å². The van der Waals surface area contributed by atoms with Crippen molar-refractivity contribution in [1.29, 1.82) is 0 Å². The summed E-state index contributed by atoms with van der Waals surface area (Å²) in [6, 6.07) is 12.5. The number of hydrogen-bond acceptors (Lipinski definition) is 4.